The van der Waals surface area contributed by atoms with Crippen molar-refractivity contribution in [3.05, 3.63) is 26.4 Å². The lowest BCUT2D eigenvalue weighted by Crippen LogP contribution is -2.32. The van der Waals surface area contributed by atoms with E-state index in [1.165, 1.54) is 11.3 Å². The molecule has 1 unspecified atom stereocenters. The Labute approximate surface area is 124 Å². The topological polar surface area (TPSA) is 62.1 Å². The van der Waals surface area contributed by atoms with Crippen LogP contribution in [-0.4, -0.2) is 25.2 Å². The smallest absolute Gasteiger partial charge is 0.262 e. The van der Waals surface area contributed by atoms with E-state index in [9.17, 15) is 4.79 Å². The third-order valence-corrected chi connectivity index (χ3v) is 4.39. The molecule has 0 radical (unpaired) electrons. The maximum atomic E-state index is 11.9. The highest BCUT2D eigenvalue weighted by Crippen LogP contribution is 2.22. The van der Waals surface area contributed by atoms with Crippen LogP contribution in [0.2, 0.25) is 0 Å². The van der Waals surface area contributed by atoms with E-state index in [0.717, 1.165) is 28.8 Å². The van der Waals surface area contributed by atoms with Gasteiger partial charge in [-0.1, -0.05) is 0 Å². The Morgan fingerprint density at radius 2 is 2.58 bits per heavy atom. The fourth-order valence-corrected chi connectivity index (χ4v) is 3.18. The number of carbonyl (C=O) groups is 1. The number of nitriles is 1. The molecule has 1 fully saturated rings. The highest BCUT2D eigenvalue weighted by molar-refractivity contribution is 9.10. The first-order valence-electron chi connectivity index (χ1n) is 5.94. The van der Waals surface area contributed by atoms with Crippen molar-refractivity contribution in [3.63, 3.8) is 0 Å². The number of halogens is 1. The number of ether oxygens (including phenoxy) is 1. The molecular weight excluding hydrogens is 328 g/mol. The molecule has 0 bridgehead atoms. The lowest BCUT2D eigenvalue weighted by Gasteiger charge is -2.09. The van der Waals surface area contributed by atoms with Crippen molar-refractivity contribution in [1.29, 1.82) is 5.26 Å². The van der Waals surface area contributed by atoms with Gasteiger partial charge in [-0.2, -0.15) is 5.26 Å². The summed E-state index contributed by atoms with van der Waals surface area (Å²) < 4.78 is 6.36. The zero-order valence-electron chi connectivity index (χ0n) is 10.2. The molecule has 1 amide bonds. The van der Waals surface area contributed by atoms with Crippen LogP contribution >= 0.6 is 27.3 Å². The largest absolute Gasteiger partial charge is 0.376 e. The molecule has 4 nitrogen and oxygen atoms in total. The van der Waals surface area contributed by atoms with E-state index >= 15 is 0 Å². The van der Waals surface area contributed by atoms with Crippen molar-refractivity contribution in [3.8, 4) is 6.07 Å². The minimum absolute atomic E-state index is 0.0831. The molecular formula is C13H13BrN2O2S. The number of thiophene rings is 1. The van der Waals surface area contributed by atoms with E-state index in [4.69, 9.17) is 10.00 Å². The first-order valence-corrected chi connectivity index (χ1v) is 7.62. The number of amides is 1. The normalized spacial score (nSPS) is 19.2. The highest BCUT2D eigenvalue weighted by atomic mass is 79.9. The van der Waals surface area contributed by atoms with Crippen molar-refractivity contribution in [2.75, 3.05) is 13.2 Å². The SMILES string of the molecule is N#C/C(=C\c1cc(Br)cs1)C(=O)NCC1CCCO1. The first kappa shape index (κ1) is 14.3. The number of rotatable bonds is 4. The summed E-state index contributed by atoms with van der Waals surface area (Å²) >= 11 is 4.81. The summed E-state index contributed by atoms with van der Waals surface area (Å²) in [6.45, 7) is 1.22. The van der Waals surface area contributed by atoms with Crippen LogP contribution in [-0.2, 0) is 9.53 Å². The number of carbonyl (C=O) groups excluding carboxylic acids is 1. The Morgan fingerprint density at radius 1 is 1.74 bits per heavy atom. The van der Waals surface area contributed by atoms with Gasteiger partial charge in [-0.05, 0) is 40.9 Å². The van der Waals surface area contributed by atoms with Crippen LogP contribution in [0, 0.1) is 11.3 Å². The maximum absolute atomic E-state index is 11.9. The van der Waals surface area contributed by atoms with Crippen molar-refractivity contribution >= 4 is 39.2 Å². The van der Waals surface area contributed by atoms with Crippen LogP contribution in [0.3, 0.4) is 0 Å². The van der Waals surface area contributed by atoms with Gasteiger partial charge >= 0.3 is 0 Å². The maximum Gasteiger partial charge on any atom is 0.262 e. The fraction of sp³-hybridized carbons (Fsp3) is 0.385. The van der Waals surface area contributed by atoms with E-state index in [1.54, 1.807) is 6.08 Å². The first-order chi connectivity index (χ1) is 9.19. The van der Waals surface area contributed by atoms with Crippen molar-refractivity contribution < 1.29 is 9.53 Å². The second-order valence-electron chi connectivity index (χ2n) is 4.18. The second kappa shape index (κ2) is 6.85. The Hall–Kier alpha value is -1.16. The van der Waals surface area contributed by atoms with Crippen molar-refractivity contribution in [2.24, 2.45) is 0 Å². The van der Waals surface area contributed by atoms with E-state index < -0.39 is 0 Å². The molecule has 6 heteroatoms. The highest BCUT2D eigenvalue weighted by Gasteiger charge is 2.17. The Kier molecular flexibility index (Phi) is 5.14. The molecule has 0 spiro atoms. The van der Waals surface area contributed by atoms with Gasteiger partial charge in [-0.15, -0.1) is 11.3 Å². The molecule has 2 rings (SSSR count). The van der Waals surface area contributed by atoms with Crippen molar-refractivity contribution in [1.82, 2.24) is 5.32 Å². The number of hydrogen-bond acceptors (Lipinski definition) is 4. The van der Waals surface area contributed by atoms with Crippen LogP contribution in [0.5, 0.6) is 0 Å². The molecule has 1 aliphatic rings. The number of hydrogen-bond donors (Lipinski definition) is 1. The quantitative estimate of drug-likeness (QED) is 0.677. The Morgan fingerprint density at radius 3 is 3.16 bits per heavy atom. The van der Waals surface area contributed by atoms with Gasteiger partial charge in [-0.3, -0.25) is 4.79 Å². The van der Waals surface area contributed by atoms with Gasteiger partial charge in [0, 0.05) is 27.9 Å². The van der Waals surface area contributed by atoms with Gasteiger partial charge in [-0.25, -0.2) is 0 Å². The van der Waals surface area contributed by atoms with Crippen LogP contribution in [0.15, 0.2) is 21.5 Å². The second-order valence-corrected chi connectivity index (χ2v) is 6.04. The third kappa shape index (κ3) is 4.16. The van der Waals surface area contributed by atoms with Gasteiger partial charge in [0.1, 0.15) is 11.6 Å². The van der Waals surface area contributed by atoms with E-state index in [2.05, 4.69) is 21.2 Å². The molecule has 1 aliphatic heterocycles. The average molecular weight is 341 g/mol. The molecule has 1 aromatic rings. The minimum atomic E-state index is -0.345. The molecule has 0 saturated carbocycles. The fourth-order valence-electron chi connectivity index (χ4n) is 1.80. The predicted molar refractivity (Wildman–Crippen MR) is 77.6 cm³/mol. The van der Waals surface area contributed by atoms with Crippen LogP contribution < -0.4 is 5.32 Å². The standard InChI is InChI=1S/C13H13BrN2O2S/c14-10-5-12(19-8-10)4-9(6-15)13(17)16-7-11-2-1-3-18-11/h4-5,8,11H,1-3,7H2,(H,16,17)/b9-4+. The number of nitrogens with zero attached hydrogens (tertiary/aromatic N) is 1. The summed E-state index contributed by atoms with van der Waals surface area (Å²) in [6, 6.07) is 3.80. The lowest BCUT2D eigenvalue weighted by molar-refractivity contribution is -0.117. The predicted octanol–water partition coefficient (Wildman–Crippen LogP) is 2.71. The summed E-state index contributed by atoms with van der Waals surface area (Å²) in [5, 5.41) is 13.7. The van der Waals surface area contributed by atoms with Gasteiger partial charge in [0.15, 0.2) is 0 Å². The molecule has 1 aromatic heterocycles. The summed E-state index contributed by atoms with van der Waals surface area (Å²) in [7, 11) is 0. The summed E-state index contributed by atoms with van der Waals surface area (Å²) in [6.07, 6.45) is 3.68. The van der Waals surface area contributed by atoms with Crippen molar-refractivity contribution in [2.45, 2.75) is 18.9 Å². The lowest BCUT2D eigenvalue weighted by atomic mass is 10.2. The van der Waals surface area contributed by atoms with E-state index in [-0.39, 0.29) is 17.6 Å². The molecule has 1 atom stereocenters. The molecule has 19 heavy (non-hydrogen) atoms. The minimum Gasteiger partial charge on any atom is -0.376 e. The molecule has 1 N–H and O–H groups in total. The van der Waals surface area contributed by atoms with Gasteiger partial charge in [0.25, 0.3) is 5.91 Å². The summed E-state index contributed by atoms with van der Waals surface area (Å²) in [5.41, 5.74) is 0.118. The van der Waals surface area contributed by atoms with Gasteiger partial charge < -0.3 is 10.1 Å². The Balaban J connectivity index is 1.95. The van der Waals surface area contributed by atoms with E-state index in [0.29, 0.717) is 6.54 Å². The van der Waals surface area contributed by atoms with Crippen LogP contribution in [0.4, 0.5) is 0 Å². The molecule has 2 heterocycles. The Bertz CT molecular complexity index is 527. The molecule has 100 valence electrons. The monoisotopic (exact) mass is 340 g/mol. The van der Waals surface area contributed by atoms with Crippen LogP contribution in [0.25, 0.3) is 6.08 Å². The molecule has 0 aromatic carbocycles. The molecule has 1 saturated heterocycles. The van der Waals surface area contributed by atoms with Gasteiger partial charge in [0.05, 0.1) is 6.10 Å². The van der Waals surface area contributed by atoms with E-state index in [1.807, 2.05) is 17.5 Å². The average Bonchev–Trinajstić information content (AvgIpc) is 3.04. The number of nitrogens with one attached hydrogen (secondary N) is 1. The summed E-state index contributed by atoms with van der Waals surface area (Å²) in [5.74, 6) is -0.345. The third-order valence-electron chi connectivity index (χ3n) is 2.75. The zero-order chi connectivity index (χ0) is 13.7. The molecule has 0 aliphatic carbocycles. The summed E-state index contributed by atoms with van der Waals surface area (Å²) in [4.78, 5) is 12.7. The zero-order valence-corrected chi connectivity index (χ0v) is 12.6. The van der Waals surface area contributed by atoms with Crippen LogP contribution in [0.1, 0.15) is 17.7 Å². The van der Waals surface area contributed by atoms with Gasteiger partial charge in [0.2, 0.25) is 0 Å².